The first-order valence-corrected chi connectivity index (χ1v) is 9.53. The molecule has 4 nitrogen and oxygen atoms in total. The minimum absolute atomic E-state index is 0. The van der Waals surface area contributed by atoms with E-state index in [-0.39, 0.29) is 28.7 Å². The molecule has 31 heavy (non-hydrogen) atoms. The SMILES string of the molecule is COc1ccc(NC(=O)/C(=C/[C]2[CH][CH][CH][CH]2)Oc2ccccc2)cc1.[CH]1[CH][CH][CH][CH]1.[Fe+2]. The Bertz CT molecular complexity index is 788. The van der Waals surface area contributed by atoms with Gasteiger partial charge in [-0.25, -0.2) is 0 Å². The van der Waals surface area contributed by atoms with Gasteiger partial charge in [-0.3, -0.25) is 4.79 Å². The van der Waals surface area contributed by atoms with E-state index >= 15 is 0 Å². The smallest absolute Gasteiger partial charge is 0.497 e. The molecule has 2 aromatic carbocycles. The molecule has 2 aliphatic carbocycles. The zero-order valence-electron chi connectivity index (χ0n) is 17.0. The number of anilines is 1. The monoisotopic (exact) mass is 453 g/mol. The van der Waals surface area contributed by atoms with Gasteiger partial charge >= 0.3 is 17.1 Å². The fourth-order valence-electron chi connectivity index (χ4n) is 2.58. The van der Waals surface area contributed by atoms with Crippen molar-refractivity contribution in [2.24, 2.45) is 0 Å². The number of amides is 1. The molecular formula is C26H23FeNO3+2. The topological polar surface area (TPSA) is 47.6 Å². The first-order chi connectivity index (χ1) is 14.7. The predicted molar refractivity (Wildman–Crippen MR) is 119 cm³/mol. The number of benzene rings is 2. The summed E-state index contributed by atoms with van der Waals surface area (Å²) < 4.78 is 10.9. The van der Waals surface area contributed by atoms with Crippen LogP contribution in [0.1, 0.15) is 0 Å². The van der Waals surface area contributed by atoms with Crippen LogP contribution in [-0.2, 0) is 21.9 Å². The Morgan fingerprint density at radius 1 is 0.774 bits per heavy atom. The zero-order chi connectivity index (χ0) is 21.0. The number of methoxy groups -OCH3 is 1. The molecule has 2 fully saturated rings. The van der Waals surface area contributed by atoms with Crippen molar-refractivity contribution in [2.75, 3.05) is 12.4 Å². The van der Waals surface area contributed by atoms with Crippen molar-refractivity contribution < 1.29 is 31.3 Å². The summed E-state index contributed by atoms with van der Waals surface area (Å²) in [5.41, 5.74) is 0.663. The standard InChI is InChI=1S/C21H18NO3.C5H5.Fe/c1-24-18-13-11-17(12-14-18)22-21(23)20(15-16-7-5-6-8-16)25-19-9-3-2-4-10-19;1-2-4-5-3-1;/h2-15H,1H3,(H,22,23);1-5H;/q;;+2/b20-15-;;. The van der Waals surface area contributed by atoms with E-state index in [1.54, 1.807) is 49.6 Å². The minimum Gasteiger partial charge on any atom is -0.497 e. The van der Waals surface area contributed by atoms with E-state index < -0.39 is 0 Å². The van der Waals surface area contributed by atoms with E-state index in [1.165, 1.54) is 0 Å². The molecule has 2 aliphatic rings. The maximum absolute atomic E-state index is 12.7. The number of hydrogen-bond donors (Lipinski definition) is 1. The summed E-state index contributed by atoms with van der Waals surface area (Å²) in [5, 5.41) is 2.84. The van der Waals surface area contributed by atoms with E-state index in [2.05, 4.69) is 5.32 Å². The first-order valence-electron chi connectivity index (χ1n) is 9.53. The van der Waals surface area contributed by atoms with Crippen LogP contribution in [-0.4, -0.2) is 13.0 Å². The summed E-state index contributed by atoms with van der Waals surface area (Å²) >= 11 is 0. The molecule has 0 spiro atoms. The van der Waals surface area contributed by atoms with Crippen LogP contribution in [0, 0.1) is 63.7 Å². The van der Waals surface area contributed by atoms with Gasteiger partial charge < -0.3 is 14.8 Å². The van der Waals surface area contributed by atoms with E-state index in [0.29, 0.717) is 11.4 Å². The van der Waals surface area contributed by atoms with Crippen molar-refractivity contribution in [1.82, 2.24) is 0 Å². The number of nitrogens with one attached hydrogen (secondary N) is 1. The molecular weight excluding hydrogens is 430 g/mol. The van der Waals surface area contributed by atoms with Crippen LogP contribution in [0.3, 0.4) is 0 Å². The summed E-state index contributed by atoms with van der Waals surface area (Å²) in [5.74, 6) is 2.12. The van der Waals surface area contributed by atoms with Gasteiger partial charge in [0, 0.05) is 11.6 Å². The molecule has 0 heterocycles. The normalized spacial score (nSPS) is 16.0. The van der Waals surface area contributed by atoms with Gasteiger partial charge in [-0.1, -0.05) is 18.2 Å². The van der Waals surface area contributed by atoms with Gasteiger partial charge in [0.2, 0.25) is 0 Å². The van der Waals surface area contributed by atoms with Crippen LogP contribution >= 0.6 is 0 Å². The second-order valence-corrected chi connectivity index (χ2v) is 6.29. The van der Waals surface area contributed by atoms with Crippen molar-refractivity contribution in [3.8, 4) is 11.5 Å². The molecule has 5 heteroatoms. The largest absolute Gasteiger partial charge is 2.00 e. The summed E-state index contributed by atoms with van der Waals surface area (Å²) in [6.45, 7) is 0. The van der Waals surface area contributed by atoms with E-state index in [1.807, 2.05) is 76.0 Å². The van der Waals surface area contributed by atoms with Crippen LogP contribution in [0.15, 0.2) is 66.4 Å². The number of carbonyl (C=O) groups is 1. The summed E-state index contributed by atoms with van der Waals surface area (Å²) in [6.07, 6.45) is 19.4. The van der Waals surface area contributed by atoms with Gasteiger partial charge in [-0.2, -0.15) is 0 Å². The molecule has 0 saturated heterocycles. The minimum atomic E-state index is -0.324. The average molecular weight is 453 g/mol. The van der Waals surface area contributed by atoms with Crippen LogP contribution in [0.5, 0.6) is 11.5 Å². The average Bonchev–Trinajstić information content (AvgIpc) is 3.52. The fourth-order valence-corrected chi connectivity index (χ4v) is 2.58. The number of hydrogen-bond acceptors (Lipinski definition) is 3. The molecule has 2 saturated carbocycles. The third kappa shape index (κ3) is 8.80. The maximum atomic E-state index is 12.7. The Morgan fingerprint density at radius 3 is 1.90 bits per heavy atom. The molecule has 156 valence electrons. The van der Waals surface area contributed by atoms with Crippen molar-refractivity contribution in [1.29, 1.82) is 0 Å². The Kier molecular flexibility index (Phi) is 11.3. The van der Waals surface area contributed by atoms with Gasteiger partial charge in [0.25, 0.3) is 5.91 Å². The number of ether oxygens (including phenoxy) is 2. The summed E-state index contributed by atoms with van der Waals surface area (Å²) in [4.78, 5) is 12.7. The van der Waals surface area contributed by atoms with Crippen molar-refractivity contribution in [2.45, 2.75) is 0 Å². The number of rotatable bonds is 6. The fraction of sp³-hybridized carbons (Fsp3) is 0.0385. The molecule has 0 atom stereocenters. The Labute approximate surface area is 196 Å². The molecule has 0 bridgehead atoms. The third-order valence-electron chi connectivity index (χ3n) is 4.08. The van der Waals surface area contributed by atoms with Crippen LogP contribution in [0.4, 0.5) is 5.69 Å². The molecule has 0 aliphatic heterocycles. The molecule has 1 amide bonds. The maximum Gasteiger partial charge on any atom is 2.00 e. The second-order valence-electron chi connectivity index (χ2n) is 6.29. The number of para-hydroxylation sites is 1. The van der Waals surface area contributed by atoms with Gasteiger partial charge in [0.1, 0.15) is 11.5 Å². The van der Waals surface area contributed by atoms with E-state index in [9.17, 15) is 4.79 Å². The van der Waals surface area contributed by atoms with Gasteiger partial charge in [-0.05, 0) is 100 Å². The number of allylic oxidation sites excluding steroid dienone is 1. The quantitative estimate of drug-likeness (QED) is 0.380. The predicted octanol–water partition coefficient (Wildman–Crippen LogP) is 5.02. The Balaban J connectivity index is 0.000000501. The van der Waals surface area contributed by atoms with Crippen LogP contribution < -0.4 is 14.8 Å². The molecule has 2 aromatic rings. The Morgan fingerprint density at radius 2 is 1.35 bits per heavy atom. The van der Waals surface area contributed by atoms with Gasteiger partial charge in [0.05, 0.1) is 7.11 Å². The van der Waals surface area contributed by atoms with Crippen molar-refractivity contribution in [3.63, 3.8) is 0 Å². The molecule has 0 aromatic heterocycles. The summed E-state index contributed by atoms with van der Waals surface area (Å²) in [6, 6.07) is 16.3. The summed E-state index contributed by atoms with van der Waals surface area (Å²) in [7, 11) is 1.60. The van der Waals surface area contributed by atoms with Crippen LogP contribution in [0.25, 0.3) is 0 Å². The molecule has 1 N–H and O–H groups in total. The Hall–Kier alpha value is -2.23. The van der Waals surface area contributed by atoms with Crippen molar-refractivity contribution in [3.05, 3.63) is 130 Å². The molecule has 4 rings (SSSR count). The molecule has 10 radical (unpaired) electrons. The molecule has 0 unspecified atom stereocenters. The van der Waals surface area contributed by atoms with E-state index in [0.717, 1.165) is 11.7 Å². The third-order valence-corrected chi connectivity index (χ3v) is 4.08. The second kappa shape index (κ2) is 13.9. The zero-order valence-corrected chi connectivity index (χ0v) is 18.2. The van der Waals surface area contributed by atoms with Crippen LogP contribution in [0.2, 0.25) is 0 Å². The van der Waals surface area contributed by atoms with Gasteiger partial charge in [0.15, 0.2) is 5.76 Å². The number of carbonyl (C=O) groups excluding carboxylic acids is 1. The van der Waals surface area contributed by atoms with E-state index in [4.69, 9.17) is 9.47 Å². The van der Waals surface area contributed by atoms with Gasteiger partial charge in [-0.15, -0.1) is 0 Å². The van der Waals surface area contributed by atoms with Crippen molar-refractivity contribution >= 4 is 11.6 Å². The first kappa shape index (κ1) is 25.0.